The average molecular weight is 250 g/mol. The van der Waals surface area contributed by atoms with Gasteiger partial charge in [0.05, 0.1) is 0 Å². The first kappa shape index (κ1) is 11.7. The van der Waals surface area contributed by atoms with Crippen LogP contribution in [0.3, 0.4) is 0 Å². The van der Waals surface area contributed by atoms with E-state index in [1.54, 1.807) is 6.08 Å². The fraction of sp³-hybridized carbons (Fsp3) is 0.118. The molecule has 2 nitrogen and oxygen atoms in total. The predicted octanol–water partition coefficient (Wildman–Crippen LogP) is 3.61. The van der Waals surface area contributed by atoms with Gasteiger partial charge in [-0.2, -0.15) is 0 Å². The smallest absolute Gasteiger partial charge is 0.332 e. The van der Waals surface area contributed by atoms with Gasteiger partial charge >= 0.3 is 5.97 Å². The van der Waals surface area contributed by atoms with E-state index in [9.17, 15) is 9.90 Å². The summed E-state index contributed by atoms with van der Waals surface area (Å²) in [4.78, 5) is 11.5. The van der Waals surface area contributed by atoms with Crippen LogP contribution in [0.2, 0.25) is 0 Å². The van der Waals surface area contributed by atoms with Crippen molar-refractivity contribution in [2.45, 2.75) is 12.8 Å². The Bertz CT molecular complexity index is 666. The standard InChI is InChI=1S/C17H14O2/c1-11-6-8-12(9-7-11)16-14-5-3-2-4-13(14)10-15(16)17(18)19/h2-10,16H,1H3,(H,18,19). The molecule has 1 aliphatic rings. The van der Waals surface area contributed by atoms with E-state index >= 15 is 0 Å². The lowest BCUT2D eigenvalue weighted by Crippen LogP contribution is -2.09. The fourth-order valence-corrected chi connectivity index (χ4v) is 2.63. The minimum atomic E-state index is -0.846. The third kappa shape index (κ3) is 1.95. The summed E-state index contributed by atoms with van der Waals surface area (Å²) < 4.78 is 0. The molecule has 19 heavy (non-hydrogen) atoms. The van der Waals surface area contributed by atoms with E-state index in [2.05, 4.69) is 0 Å². The highest BCUT2D eigenvalue weighted by atomic mass is 16.4. The molecule has 2 aromatic carbocycles. The van der Waals surface area contributed by atoms with Gasteiger partial charge in [0.25, 0.3) is 0 Å². The molecule has 0 heterocycles. The summed E-state index contributed by atoms with van der Waals surface area (Å²) in [6.45, 7) is 2.03. The van der Waals surface area contributed by atoms with Crippen LogP contribution in [0.4, 0.5) is 0 Å². The number of hydrogen-bond donors (Lipinski definition) is 1. The third-order valence-corrected chi connectivity index (χ3v) is 3.59. The van der Waals surface area contributed by atoms with Crippen molar-refractivity contribution in [3.05, 3.63) is 76.4 Å². The molecule has 1 atom stereocenters. The van der Waals surface area contributed by atoms with E-state index in [0.717, 1.165) is 16.7 Å². The minimum Gasteiger partial charge on any atom is -0.478 e. The van der Waals surface area contributed by atoms with Crippen molar-refractivity contribution < 1.29 is 9.90 Å². The van der Waals surface area contributed by atoms with Crippen LogP contribution in [0.15, 0.2) is 54.1 Å². The normalized spacial score (nSPS) is 16.9. The molecule has 0 aromatic heterocycles. The highest BCUT2D eigenvalue weighted by molar-refractivity contribution is 5.98. The van der Waals surface area contributed by atoms with E-state index in [1.165, 1.54) is 5.56 Å². The van der Waals surface area contributed by atoms with Crippen LogP contribution in [0.5, 0.6) is 0 Å². The molecule has 94 valence electrons. The molecular weight excluding hydrogens is 236 g/mol. The molecule has 1 unspecified atom stereocenters. The zero-order valence-electron chi connectivity index (χ0n) is 10.6. The molecule has 2 heteroatoms. The van der Waals surface area contributed by atoms with Gasteiger partial charge in [-0.15, -0.1) is 0 Å². The van der Waals surface area contributed by atoms with Gasteiger partial charge in [0, 0.05) is 11.5 Å². The Hall–Kier alpha value is -2.35. The second-order valence-electron chi connectivity index (χ2n) is 4.88. The highest BCUT2D eigenvalue weighted by Gasteiger charge is 2.30. The fourth-order valence-electron chi connectivity index (χ4n) is 2.63. The van der Waals surface area contributed by atoms with Crippen LogP contribution in [0, 0.1) is 6.92 Å². The van der Waals surface area contributed by atoms with Gasteiger partial charge < -0.3 is 5.11 Å². The van der Waals surface area contributed by atoms with Crippen LogP contribution < -0.4 is 0 Å². The van der Waals surface area contributed by atoms with Crippen molar-refractivity contribution in [3.8, 4) is 0 Å². The Morgan fingerprint density at radius 1 is 1.05 bits per heavy atom. The Labute approximate surface area is 112 Å². The van der Waals surface area contributed by atoms with Gasteiger partial charge in [-0.3, -0.25) is 0 Å². The summed E-state index contributed by atoms with van der Waals surface area (Å²) >= 11 is 0. The molecule has 0 saturated heterocycles. The van der Waals surface area contributed by atoms with E-state index in [-0.39, 0.29) is 5.92 Å². The minimum absolute atomic E-state index is 0.158. The highest BCUT2D eigenvalue weighted by Crippen LogP contribution is 2.40. The topological polar surface area (TPSA) is 37.3 Å². The van der Waals surface area contributed by atoms with Crippen molar-refractivity contribution in [1.29, 1.82) is 0 Å². The van der Waals surface area contributed by atoms with Gasteiger partial charge in [-0.25, -0.2) is 4.79 Å². The molecule has 1 N–H and O–H groups in total. The first-order valence-corrected chi connectivity index (χ1v) is 6.27. The molecule has 0 amide bonds. The van der Waals surface area contributed by atoms with Gasteiger partial charge in [0.2, 0.25) is 0 Å². The van der Waals surface area contributed by atoms with Crippen molar-refractivity contribution >= 4 is 12.0 Å². The van der Waals surface area contributed by atoms with Crippen LogP contribution >= 0.6 is 0 Å². The van der Waals surface area contributed by atoms with Crippen LogP contribution in [-0.4, -0.2) is 11.1 Å². The van der Waals surface area contributed by atoms with Gasteiger partial charge in [-0.05, 0) is 29.7 Å². The van der Waals surface area contributed by atoms with Crippen LogP contribution in [0.1, 0.15) is 28.2 Å². The van der Waals surface area contributed by atoms with E-state index in [4.69, 9.17) is 0 Å². The maximum absolute atomic E-state index is 11.5. The number of aliphatic carboxylic acids is 1. The summed E-state index contributed by atoms with van der Waals surface area (Å²) in [7, 11) is 0. The zero-order valence-corrected chi connectivity index (χ0v) is 10.6. The van der Waals surface area contributed by atoms with E-state index < -0.39 is 5.97 Å². The molecule has 1 aliphatic carbocycles. The molecule has 2 aromatic rings. The predicted molar refractivity (Wildman–Crippen MR) is 75.1 cm³/mol. The maximum atomic E-state index is 11.5. The van der Waals surface area contributed by atoms with Gasteiger partial charge in [-0.1, -0.05) is 54.1 Å². The zero-order chi connectivity index (χ0) is 13.4. The number of hydrogen-bond acceptors (Lipinski definition) is 1. The SMILES string of the molecule is Cc1ccc(C2C(C(=O)O)=Cc3ccccc32)cc1. The Balaban J connectivity index is 2.15. The Kier molecular flexibility index (Phi) is 2.71. The molecule has 0 bridgehead atoms. The largest absolute Gasteiger partial charge is 0.478 e. The summed E-state index contributed by atoms with van der Waals surface area (Å²) in [5.41, 5.74) is 4.74. The van der Waals surface area contributed by atoms with E-state index in [1.807, 2.05) is 55.5 Å². The lowest BCUT2D eigenvalue weighted by atomic mass is 9.88. The first-order valence-electron chi connectivity index (χ1n) is 6.27. The number of carboxylic acid groups (broad SMARTS) is 1. The molecule has 0 radical (unpaired) electrons. The van der Waals surface area contributed by atoms with Crippen molar-refractivity contribution in [2.75, 3.05) is 0 Å². The average Bonchev–Trinajstić information content (AvgIpc) is 2.79. The summed E-state index contributed by atoms with van der Waals surface area (Å²) in [5.74, 6) is -1.00. The molecule has 0 fully saturated rings. The quantitative estimate of drug-likeness (QED) is 0.884. The summed E-state index contributed by atoms with van der Waals surface area (Å²) in [6.07, 6.45) is 1.78. The summed E-state index contributed by atoms with van der Waals surface area (Å²) in [6, 6.07) is 15.9. The lowest BCUT2D eigenvalue weighted by molar-refractivity contribution is -0.132. The molecule has 0 saturated carbocycles. The second kappa shape index (κ2) is 4.39. The third-order valence-electron chi connectivity index (χ3n) is 3.59. The number of benzene rings is 2. The van der Waals surface area contributed by atoms with Crippen LogP contribution in [-0.2, 0) is 4.79 Å². The molecular formula is C17H14O2. The Morgan fingerprint density at radius 2 is 1.74 bits per heavy atom. The summed E-state index contributed by atoms with van der Waals surface area (Å²) in [5, 5.41) is 9.40. The monoisotopic (exact) mass is 250 g/mol. The molecule has 3 rings (SSSR count). The Morgan fingerprint density at radius 3 is 2.42 bits per heavy atom. The molecule has 0 spiro atoms. The van der Waals surface area contributed by atoms with Crippen LogP contribution in [0.25, 0.3) is 6.08 Å². The number of carboxylic acids is 1. The maximum Gasteiger partial charge on any atom is 0.332 e. The lowest BCUT2D eigenvalue weighted by Gasteiger charge is -2.15. The second-order valence-corrected chi connectivity index (χ2v) is 4.88. The van der Waals surface area contributed by atoms with Gasteiger partial charge in [0.15, 0.2) is 0 Å². The van der Waals surface area contributed by atoms with Crippen molar-refractivity contribution in [2.24, 2.45) is 0 Å². The first-order chi connectivity index (χ1) is 9.16. The van der Waals surface area contributed by atoms with Crippen molar-refractivity contribution in [1.82, 2.24) is 0 Å². The number of rotatable bonds is 2. The van der Waals surface area contributed by atoms with Crippen molar-refractivity contribution in [3.63, 3.8) is 0 Å². The molecule has 0 aliphatic heterocycles. The van der Waals surface area contributed by atoms with Gasteiger partial charge in [0.1, 0.15) is 0 Å². The number of carbonyl (C=O) groups is 1. The number of fused-ring (bicyclic) bond motifs is 1. The number of aryl methyl sites for hydroxylation is 1. The van der Waals surface area contributed by atoms with E-state index in [0.29, 0.717) is 5.57 Å².